The molecule has 3 rings (SSSR count). The van der Waals surface area contributed by atoms with E-state index >= 15 is 0 Å². The average molecular weight is 431 g/mol. The van der Waals surface area contributed by atoms with Crippen molar-refractivity contribution >= 4 is 17.3 Å². The Balaban J connectivity index is 1.54. The molecule has 2 aromatic rings. The molecule has 3 N–H and O–H groups in total. The number of ether oxygens (including phenoxy) is 1. The van der Waals surface area contributed by atoms with Gasteiger partial charge >= 0.3 is 6.18 Å². The molecule has 0 radical (unpaired) electrons. The summed E-state index contributed by atoms with van der Waals surface area (Å²) in [6.45, 7) is 0.429. The van der Waals surface area contributed by atoms with Crippen LogP contribution in [-0.4, -0.2) is 30.9 Å². The van der Waals surface area contributed by atoms with E-state index in [2.05, 4.69) is 10.3 Å². The third-order valence-electron chi connectivity index (χ3n) is 4.88. The third-order valence-corrected chi connectivity index (χ3v) is 4.88. The monoisotopic (exact) mass is 431 g/mol. The molecule has 1 aliphatic rings. The number of hydrogen-bond acceptors (Lipinski definition) is 4. The first-order chi connectivity index (χ1) is 14.8. The number of amides is 1. The molecule has 164 valence electrons. The van der Waals surface area contributed by atoms with Crippen molar-refractivity contribution in [2.24, 2.45) is 10.7 Å². The molecule has 0 bridgehead atoms. The number of alkyl halides is 3. The van der Waals surface area contributed by atoms with Gasteiger partial charge in [-0.2, -0.15) is 13.2 Å². The van der Waals surface area contributed by atoms with Crippen molar-refractivity contribution in [3.05, 3.63) is 71.4 Å². The van der Waals surface area contributed by atoms with Crippen LogP contribution in [0.3, 0.4) is 0 Å². The quantitative estimate of drug-likeness (QED) is 0.624. The van der Waals surface area contributed by atoms with E-state index in [1.54, 1.807) is 36.4 Å². The average Bonchev–Trinajstić information content (AvgIpc) is 2.77. The lowest BCUT2D eigenvalue weighted by molar-refractivity contribution is -0.0933. The number of rotatable bonds is 6. The highest BCUT2D eigenvalue weighted by molar-refractivity contribution is 6.04. The van der Waals surface area contributed by atoms with Crippen LogP contribution in [-0.2, 0) is 0 Å². The van der Waals surface area contributed by atoms with E-state index in [1.807, 2.05) is 18.2 Å². The Morgan fingerprint density at radius 3 is 2.39 bits per heavy atom. The first-order valence-corrected chi connectivity index (χ1v) is 10.0. The van der Waals surface area contributed by atoms with Gasteiger partial charge in [-0.1, -0.05) is 18.2 Å². The second kappa shape index (κ2) is 10.1. The van der Waals surface area contributed by atoms with Crippen LogP contribution in [0.5, 0.6) is 5.75 Å². The Morgan fingerprint density at radius 2 is 1.71 bits per heavy atom. The van der Waals surface area contributed by atoms with Crippen molar-refractivity contribution in [3.63, 3.8) is 0 Å². The van der Waals surface area contributed by atoms with Gasteiger partial charge in [-0.15, -0.1) is 0 Å². The third kappa shape index (κ3) is 6.34. The molecule has 1 saturated carbocycles. The summed E-state index contributed by atoms with van der Waals surface area (Å²) < 4.78 is 44.4. The predicted molar refractivity (Wildman–Crippen MR) is 114 cm³/mol. The van der Waals surface area contributed by atoms with Crippen molar-refractivity contribution in [1.82, 2.24) is 0 Å². The van der Waals surface area contributed by atoms with Crippen LogP contribution in [0.1, 0.15) is 36.0 Å². The zero-order valence-electron chi connectivity index (χ0n) is 16.9. The second-order valence-electron chi connectivity index (χ2n) is 7.12. The van der Waals surface area contributed by atoms with Crippen molar-refractivity contribution in [2.45, 2.75) is 31.9 Å². The van der Waals surface area contributed by atoms with Crippen LogP contribution in [0.2, 0.25) is 0 Å². The van der Waals surface area contributed by atoms with Gasteiger partial charge in [0.05, 0.1) is 6.54 Å². The largest absolute Gasteiger partial charge is 0.492 e. The van der Waals surface area contributed by atoms with Gasteiger partial charge in [0.2, 0.25) is 0 Å². The number of aliphatic imine (C=N–C) groups is 1. The summed E-state index contributed by atoms with van der Waals surface area (Å²) in [5, 5.41) is 2.80. The highest BCUT2D eigenvalue weighted by atomic mass is 19.4. The Morgan fingerprint density at radius 1 is 1.03 bits per heavy atom. The highest BCUT2D eigenvalue weighted by Crippen LogP contribution is 2.30. The Kier molecular flexibility index (Phi) is 7.33. The van der Waals surface area contributed by atoms with Gasteiger partial charge in [0.25, 0.3) is 5.91 Å². The summed E-state index contributed by atoms with van der Waals surface area (Å²) in [4.78, 5) is 16.5. The first-order valence-electron chi connectivity index (χ1n) is 10.0. The normalized spacial score (nSPS) is 17.3. The van der Waals surface area contributed by atoms with E-state index in [0.29, 0.717) is 35.6 Å². The van der Waals surface area contributed by atoms with E-state index < -0.39 is 11.9 Å². The molecule has 0 heterocycles. The fourth-order valence-corrected chi connectivity index (χ4v) is 3.30. The number of halogens is 3. The maximum absolute atomic E-state index is 12.9. The van der Waals surface area contributed by atoms with E-state index in [4.69, 9.17) is 10.5 Å². The summed E-state index contributed by atoms with van der Waals surface area (Å²) in [6, 6.07) is 15.7. The maximum atomic E-state index is 12.9. The number of carbonyl (C=O) groups is 1. The molecule has 1 aliphatic carbocycles. The summed E-state index contributed by atoms with van der Waals surface area (Å²) >= 11 is 0. The number of hydrogen-bond donors (Lipinski definition) is 2. The van der Waals surface area contributed by atoms with Gasteiger partial charge < -0.3 is 15.8 Å². The van der Waals surface area contributed by atoms with Crippen LogP contribution in [0, 0.1) is 0 Å². The van der Waals surface area contributed by atoms with Gasteiger partial charge in [-0.05, 0) is 62.1 Å². The lowest BCUT2D eigenvalue weighted by Gasteiger charge is -2.21. The molecule has 2 aromatic carbocycles. The zero-order chi connectivity index (χ0) is 22.3. The van der Waals surface area contributed by atoms with Gasteiger partial charge in [-0.25, -0.2) is 0 Å². The number of benzene rings is 2. The van der Waals surface area contributed by atoms with Crippen molar-refractivity contribution in [3.8, 4) is 5.75 Å². The van der Waals surface area contributed by atoms with E-state index in [0.717, 1.165) is 6.42 Å². The molecule has 1 amide bonds. The number of carbonyl (C=O) groups excluding carboxylic acids is 1. The standard InChI is InChI=1S/C23H24F3N3O2/c24-23(25,26)21(27)19-8-4-5-9-20(19)28-14-15-31-18-12-10-16(11-13-18)22(30)29-17-6-2-1-3-7-17/h1-3,6-7,10-13H,4-5,8-9,14-15,27H2,(H,29,30). The lowest BCUT2D eigenvalue weighted by Crippen LogP contribution is -2.26. The molecule has 0 saturated heterocycles. The number of nitrogens with one attached hydrogen (secondary N) is 1. The number of nitrogens with zero attached hydrogens (tertiary/aromatic N) is 1. The smallest absolute Gasteiger partial charge is 0.431 e. The summed E-state index contributed by atoms with van der Waals surface area (Å²) in [6.07, 6.45) is -2.31. The second-order valence-corrected chi connectivity index (χ2v) is 7.12. The topological polar surface area (TPSA) is 76.7 Å². The van der Waals surface area contributed by atoms with Crippen LogP contribution >= 0.6 is 0 Å². The predicted octanol–water partition coefficient (Wildman–Crippen LogP) is 5.11. The minimum absolute atomic E-state index is 0.104. The molecular formula is C23H24F3N3O2. The fourth-order valence-electron chi connectivity index (χ4n) is 3.30. The SMILES string of the molecule is NC(=C1CCCCC1=NCCOc1ccc(C(=O)Nc2ccccc2)cc1)C(F)(F)F. The number of nitrogens with two attached hydrogens (primary N) is 1. The van der Waals surface area contributed by atoms with Gasteiger partial charge in [0.15, 0.2) is 0 Å². The van der Waals surface area contributed by atoms with E-state index in [-0.39, 0.29) is 31.1 Å². The molecular weight excluding hydrogens is 407 g/mol. The maximum Gasteiger partial charge on any atom is 0.431 e. The van der Waals surface area contributed by atoms with Gasteiger partial charge in [-0.3, -0.25) is 9.79 Å². The van der Waals surface area contributed by atoms with Gasteiger partial charge in [0, 0.05) is 22.5 Å². The van der Waals surface area contributed by atoms with E-state index in [1.165, 1.54) is 0 Å². The van der Waals surface area contributed by atoms with Crippen LogP contribution in [0.4, 0.5) is 18.9 Å². The highest BCUT2D eigenvalue weighted by Gasteiger charge is 2.35. The molecule has 0 unspecified atom stereocenters. The number of allylic oxidation sites excluding steroid dienone is 2. The first kappa shape index (κ1) is 22.4. The zero-order valence-corrected chi connectivity index (χ0v) is 16.9. The van der Waals surface area contributed by atoms with E-state index in [9.17, 15) is 18.0 Å². The molecule has 5 nitrogen and oxygen atoms in total. The van der Waals surface area contributed by atoms with Crippen molar-refractivity contribution < 1.29 is 22.7 Å². The molecule has 31 heavy (non-hydrogen) atoms. The summed E-state index contributed by atoms with van der Waals surface area (Å²) in [5.74, 6) is 0.314. The molecule has 0 atom stereocenters. The number of anilines is 1. The van der Waals surface area contributed by atoms with Crippen LogP contribution in [0.15, 0.2) is 70.9 Å². The minimum Gasteiger partial charge on any atom is -0.492 e. The molecule has 0 aliphatic heterocycles. The molecule has 0 aromatic heterocycles. The van der Waals surface area contributed by atoms with Gasteiger partial charge in [0.1, 0.15) is 18.1 Å². The van der Waals surface area contributed by atoms with Crippen molar-refractivity contribution in [2.75, 3.05) is 18.5 Å². The number of para-hydroxylation sites is 1. The van der Waals surface area contributed by atoms with Crippen molar-refractivity contribution in [1.29, 1.82) is 0 Å². The van der Waals surface area contributed by atoms with Crippen LogP contribution in [0.25, 0.3) is 0 Å². The summed E-state index contributed by atoms with van der Waals surface area (Å²) in [5.41, 5.74) is 5.97. The molecule has 0 spiro atoms. The summed E-state index contributed by atoms with van der Waals surface area (Å²) in [7, 11) is 0. The fraction of sp³-hybridized carbons (Fsp3) is 0.304. The lowest BCUT2D eigenvalue weighted by atomic mass is 9.91. The Hall–Kier alpha value is -3.29. The molecule has 8 heteroatoms. The Bertz CT molecular complexity index is 952. The molecule has 1 fully saturated rings. The Labute approximate surface area is 178 Å². The minimum atomic E-state index is -4.54. The van der Waals surface area contributed by atoms with Crippen LogP contribution < -0.4 is 15.8 Å².